The summed E-state index contributed by atoms with van der Waals surface area (Å²) >= 11 is 5.27. The Morgan fingerprint density at radius 3 is 2.57 bits per heavy atom. The van der Waals surface area contributed by atoms with Crippen molar-refractivity contribution in [1.82, 2.24) is 14.9 Å². The number of aromatic amines is 1. The lowest BCUT2D eigenvalue weighted by atomic mass is 10.1. The highest BCUT2D eigenvalue weighted by atomic mass is 32.1. The number of nitrogens with one attached hydrogen (secondary N) is 1. The summed E-state index contributed by atoms with van der Waals surface area (Å²) in [5, 5.41) is 11.7. The maximum atomic E-state index is 5.27. The van der Waals surface area contributed by atoms with Gasteiger partial charge in [0.1, 0.15) is 0 Å². The Bertz CT molecular complexity index is 748. The van der Waals surface area contributed by atoms with Crippen molar-refractivity contribution in [1.29, 1.82) is 0 Å². The van der Waals surface area contributed by atoms with Gasteiger partial charge in [-0.3, -0.25) is 5.10 Å². The number of nitrogens with zero attached hydrogens (tertiary/aromatic N) is 4. The van der Waals surface area contributed by atoms with E-state index in [2.05, 4.69) is 44.5 Å². The van der Waals surface area contributed by atoms with Crippen LogP contribution in [0.1, 0.15) is 49.4 Å². The highest BCUT2D eigenvalue weighted by Crippen LogP contribution is 2.38. The molecule has 5 nitrogen and oxygen atoms in total. The molecule has 0 amide bonds. The van der Waals surface area contributed by atoms with Gasteiger partial charge >= 0.3 is 0 Å². The van der Waals surface area contributed by atoms with Crippen molar-refractivity contribution in [2.24, 2.45) is 5.10 Å². The summed E-state index contributed by atoms with van der Waals surface area (Å²) in [4.78, 5) is 2.46. The summed E-state index contributed by atoms with van der Waals surface area (Å²) < 4.78 is 2.32. The average Bonchev–Trinajstić information content (AvgIpc) is 3.38. The summed E-state index contributed by atoms with van der Waals surface area (Å²) in [5.74, 6) is 1.47. The minimum atomic E-state index is 0.515. The van der Waals surface area contributed by atoms with Gasteiger partial charge in [-0.05, 0) is 62.0 Å². The van der Waals surface area contributed by atoms with Crippen molar-refractivity contribution in [3.8, 4) is 0 Å². The molecule has 2 aromatic rings. The number of piperidine rings is 1. The van der Waals surface area contributed by atoms with Gasteiger partial charge in [0.2, 0.25) is 4.77 Å². The molecule has 0 unspecified atom stereocenters. The van der Waals surface area contributed by atoms with Crippen LogP contribution in [0.15, 0.2) is 29.4 Å². The van der Waals surface area contributed by atoms with E-state index in [1.54, 1.807) is 4.68 Å². The SMILES string of the molecule is S=c1[nH]nc(C2CC2)n1/N=C\c1ccc(N2CCCCC2)cc1. The molecule has 1 saturated heterocycles. The molecule has 2 aliphatic rings. The largest absolute Gasteiger partial charge is 0.372 e. The Labute approximate surface area is 141 Å². The molecule has 1 N–H and O–H groups in total. The third-order valence-electron chi connectivity index (χ3n) is 4.55. The van der Waals surface area contributed by atoms with E-state index in [-0.39, 0.29) is 0 Å². The molecule has 2 heterocycles. The first-order chi connectivity index (χ1) is 11.3. The van der Waals surface area contributed by atoms with Crippen molar-refractivity contribution in [2.75, 3.05) is 18.0 Å². The maximum absolute atomic E-state index is 5.27. The molecule has 1 aromatic carbocycles. The lowest BCUT2D eigenvalue weighted by Crippen LogP contribution is -2.29. The second-order valence-electron chi connectivity index (χ2n) is 6.36. The van der Waals surface area contributed by atoms with Crippen LogP contribution in [-0.4, -0.2) is 34.2 Å². The topological polar surface area (TPSA) is 49.2 Å². The first-order valence-electron chi connectivity index (χ1n) is 8.38. The van der Waals surface area contributed by atoms with Crippen LogP contribution in [0.5, 0.6) is 0 Å². The summed E-state index contributed by atoms with van der Waals surface area (Å²) in [6, 6.07) is 8.61. The van der Waals surface area contributed by atoms with Gasteiger partial charge in [0.25, 0.3) is 0 Å². The molecule has 120 valence electrons. The van der Waals surface area contributed by atoms with Crippen LogP contribution in [0, 0.1) is 4.77 Å². The quantitative estimate of drug-likeness (QED) is 0.688. The van der Waals surface area contributed by atoms with Crippen LogP contribution < -0.4 is 4.90 Å². The standard InChI is InChI=1S/C17H21N5S/c23-17-20-19-16(14-6-7-14)22(17)18-12-13-4-8-15(9-5-13)21-10-2-1-3-11-21/h4-5,8-9,12,14H,1-3,6-7,10-11H2,(H,20,23)/b18-12-. The van der Waals surface area contributed by atoms with Crippen LogP contribution >= 0.6 is 12.2 Å². The number of rotatable bonds is 4. The van der Waals surface area contributed by atoms with Crippen molar-refractivity contribution in [2.45, 2.75) is 38.0 Å². The number of hydrogen-bond acceptors (Lipinski definition) is 4. The molecule has 0 spiro atoms. The van der Waals surface area contributed by atoms with Crippen LogP contribution in [-0.2, 0) is 0 Å². The fraction of sp³-hybridized carbons (Fsp3) is 0.471. The number of hydrogen-bond donors (Lipinski definition) is 1. The molecular formula is C17H21N5S. The minimum absolute atomic E-state index is 0.515. The predicted molar refractivity (Wildman–Crippen MR) is 94.9 cm³/mol. The van der Waals surface area contributed by atoms with Crippen molar-refractivity contribution in [3.63, 3.8) is 0 Å². The van der Waals surface area contributed by atoms with Crippen molar-refractivity contribution in [3.05, 3.63) is 40.4 Å². The zero-order valence-electron chi connectivity index (χ0n) is 13.1. The minimum Gasteiger partial charge on any atom is -0.372 e. The van der Waals surface area contributed by atoms with Gasteiger partial charge < -0.3 is 4.90 Å². The average molecular weight is 327 g/mol. The van der Waals surface area contributed by atoms with Gasteiger partial charge in [-0.2, -0.15) is 14.9 Å². The third-order valence-corrected chi connectivity index (χ3v) is 4.82. The van der Waals surface area contributed by atoms with Gasteiger partial charge in [0.05, 0.1) is 6.21 Å². The Hall–Kier alpha value is -1.95. The molecule has 0 atom stereocenters. The monoisotopic (exact) mass is 327 g/mol. The lowest BCUT2D eigenvalue weighted by Gasteiger charge is -2.28. The predicted octanol–water partition coefficient (Wildman–Crippen LogP) is 3.69. The first-order valence-corrected chi connectivity index (χ1v) is 8.79. The fourth-order valence-electron chi connectivity index (χ4n) is 3.07. The Morgan fingerprint density at radius 1 is 1.13 bits per heavy atom. The van der Waals surface area contributed by atoms with Gasteiger partial charge in [-0.1, -0.05) is 12.1 Å². The highest BCUT2D eigenvalue weighted by molar-refractivity contribution is 7.71. The van der Waals surface area contributed by atoms with Crippen molar-refractivity contribution >= 4 is 24.1 Å². The zero-order valence-corrected chi connectivity index (χ0v) is 13.9. The molecule has 1 saturated carbocycles. The molecule has 1 aromatic heterocycles. The molecule has 6 heteroatoms. The summed E-state index contributed by atoms with van der Waals surface area (Å²) in [6.07, 6.45) is 8.17. The molecule has 0 bridgehead atoms. The lowest BCUT2D eigenvalue weighted by molar-refractivity contribution is 0.578. The molecule has 2 fully saturated rings. The Kier molecular flexibility index (Phi) is 3.99. The number of benzene rings is 1. The van der Waals surface area contributed by atoms with Crippen LogP contribution in [0.4, 0.5) is 5.69 Å². The Morgan fingerprint density at radius 2 is 1.87 bits per heavy atom. The van der Waals surface area contributed by atoms with Crippen LogP contribution in [0.25, 0.3) is 0 Å². The second-order valence-corrected chi connectivity index (χ2v) is 6.74. The number of H-pyrrole nitrogens is 1. The Balaban J connectivity index is 1.50. The van der Waals surface area contributed by atoms with Gasteiger partial charge in [0.15, 0.2) is 5.82 Å². The van der Waals surface area contributed by atoms with Gasteiger partial charge in [-0.25, -0.2) is 0 Å². The van der Waals surface area contributed by atoms with Crippen LogP contribution in [0.2, 0.25) is 0 Å². The summed E-state index contributed by atoms with van der Waals surface area (Å²) in [6.45, 7) is 2.34. The molecule has 0 radical (unpaired) electrons. The van der Waals surface area contributed by atoms with Crippen LogP contribution in [0.3, 0.4) is 0 Å². The molecular weight excluding hydrogens is 306 g/mol. The fourth-order valence-corrected chi connectivity index (χ4v) is 3.26. The van der Waals surface area contributed by atoms with E-state index in [4.69, 9.17) is 12.2 Å². The molecule has 1 aliphatic heterocycles. The number of aromatic nitrogens is 3. The van der Waals surface area contributed by atoms with E-state index < -0.39 is 0 Å². The zero-order chi connectivity index (χ0) is 15.6. The van der Waals surface area contributed by atoms with E-state index in [1.807, 2.05) is 6.21 Å². The maximum Gasteiger partial charge on any atom is 0.216 e. The molecule has 23 heavy (non-hydrogen) atoms. The van der Waals surface area contributed by atoms with E-state index >= 15 is 0 Å². The molecule has 4 rings (SSSR count). The van der Waals surface area contributed by atoms with Crippen molar-refractivity contribution < 1.29 is 0 Å². The third kappa shape index (κ3) is 3.22. The van der Waals surface area contributed by atoms with E-state index in [1.165, 1.54) is 50.9 Å². The highest BCUT2D eigenvalue weighted by Gasteiger charge is 2.29. The molecule has 1 aliphatic carbocycles. The normalized spacial score (nSPS) is 18.7. The smallest absolute Gasteiger partial charge is 0.216 e. The summed E-state index contributed by atoms with van der Waals surface area (Å²) in [7, 11) is 0. The van der Waals surface area contributed by atoms with E-state index in [0.717, 1.165) is 11.4 Å². The number of anilines is 1. The first kappa shape index (κ1) is 14.6. The van der Waals surface area contributed by atoms with E-state index in [9.17, 15) is 0 Å². The summed E-state index contributed by atoms with van der Waals surface area (Å²) in [5.41, 5.74) is 2.39. The van der Waals surface area contributed by atoms with E-state index in [0.29, 0.717) is 10.7 Å². The van der Waals surface area contributed by atoms with Gasteiger partial charge in [-0.15, -0.1) is 0 Å². The van der Waals surface area contributed by atoms with Gasteiger partial charge in [0, 0.05) is 24.7 Å². The second kappa shape index (κ2) is 6.28.